The number of carbonyl (C=O) groups is 1. The number of rotatable bonds is 4. The third kappa shape index (κ3) is 4.31. The Kier molecular flexibility index (Phi) is 6.67. The van der Waals surface area contributed by atoms with Crippen LogP contribution in [0.25, 0.3) is 0 Å². The first kappa shape index (κ1) is 16.7. The molecule has 4 N–H and O–H groups in total. The molecule has 0 saturated heterocycles. The zero-order valence-corrected chi connectivity index (χ0v) is 12.1. The molecule has 0 bridgehead atoms. The minimum atomic E-state index is -0.320. The van der Waals surface area contributed by atoms with Crippen molar-refractivity contribution in [2.75, 3.05) is 6.54 Å². The van der Waals surface area contributed by atoms with Gasteiger partial charge in [0.1, 0.15) is 5.69 Å². The van der Waals surface area contributed by atoms with Gasteiger partial charge in [-0.05, 0) is 24.8 Å². The molecule has 1 aliphatic carbocycles. The molecule has 0 aliphatic heterocycles. The molecule has 1 atom stereocenters. The lowest BCUT2D eigenvalue weighted by atomic mass is 9.84. The smallest absolute Gasteiger partial charge is 0.271 e. The number of carbonyl (C=O) groups excluding carboxylic acids is 1. The van der Waals surface area contributed by atoms with Gasteiger partial charge in [-0.3, -0.25) is 9.59 Å². The SMILES string of the molecule is Cl.NCC(NC(=O)c1ccc(=O)[nH]n1)C1CCCCC1. The second kappa shape index (κ2) is 8.01. The fourth-order valence-electron chi connectivity index (χ4n) is 2.62. The summed E-state index contributed by atoms with van der Waals surface area (Å²) in [6, 6.07) is 2.70. The first-order valence-corrected chi connectivity index (χ1v) is 6.77. The molecule has 112 valence electrons. The van der Waals surface area contributed by atoms with Crippen LogP contribution in [0.1, 0.15) is 42.6 Å². The standard InChI is InChI=1S/C13H20N4O2.ClH/c14-8-11(9-4-2-1-3-5-9)15-13(19)10-6-7-12(18)17-16-10;/h6-7,9,11H,1-5,8,14H2,(H,15,19)(H,17,18);1H. The number of nitrogens with zero attached hydrogens (tertiary/aromatic N) is 1. The quantitative estimate of drug-likeness (QED) is 0.766. The Morgan fingerprint density at radius 3 is 2.65 bits per heavy atom. The zero-order chi connectivity index (χ0) is 13.7. The lowest BCUT2D eigenvalue weighted by Crippen LogP contribution is -2.46. The number of hydrogen-bond donors (Lipinski definition) is 3. The highest BCUT2D eigenvalue weighted by molar-refractivity contribution is 5.92. The molecule has 1 heterocycles. The van der Waals surface area contributed by atoms with Crippen molar-refractivity contribution in [2.24, 2.45) is 11.7 Å². The summed E-state index contributed by atoms with van der Waals surface area (Å²) in [5, 5.41) is 8.90. The maximum absolute atomic E-state index is 12.0. The van der Waals surface area contributed by atoms with Gasteiger partial charge in [-0.25, -0.2) is 5.10 Å². The molecule has 1 aromatic rings. The molecule has 7 heteroatoms. The number of nitrogens with one attached hydrogen (secondary N) is 2. The van der Waals surface area contributed by atoms with Gasteiger partial charge in [0.15, 0.2) is 0 Å². The summed E-state index contributed by atoms with van der Waals surface area (Å²) in [5.41, 5.74) is 5.66. The number of amides is 1. The summed E-state index contributed by atoms with van der Waals surface area (Å²) in [7, 11) is 0. The highest BCUT2D eigenvalue weighted by Crippen LogP contribution is 2.26. The number of H-pyrrole nitrogens is 1. The Morgan fingerprint density at radius 1 is 1.40 bits per heavy atom. The van der Waals surface area contributed by atoms with E-state index in [4.69, 9.17) is 5.73 Å². The van der Waals surface area contributed by atoms with Crippen LogP contribution in [0, 0.1) is 5.92 Å². The van der Waals surface area contributed by atoms with E-state index in [1.807, 2.05) is 0 Å². The van der Waals surface area contributed by atoms with Crippen LogP contribution >= 0.6 is 12.4 Å². The van der Waals surface area contributed by atoms with Gasteiger partial charge >= 0.3 is 0 Å². The number of nitrogens with two attached hydrogens (primary N) is 1. The minimum Gasteiger partial charge on any atom is -0.346 e. The van der Waals surface area contributed by atoms with E-state index < -0.39 is 0 Å². The van der Waals surface area contributed by atoms with Crippen LogP contribution in [-0.4, -0.2) is 28.7 Å². The topological polar surface area (TPSA) is 101 Å². The largest absolute Gasteiger partial charge is 0.346 e. The monoisotopic (exact) mass is 300 g/mol. The first-order chi connectivity index (χ1) is 9.20. The average molecular weight is 301 g/mol. The molecule has 1 aromatic heterocycles. The van der Waals surface area contributed by atoms with Crippen molar-refractivity contribution in [3.8, 4) is 0 Å². The van der Waals surface area contributed by atoms with Crippen molar-refractivity contribution < 1.29 is 4.79 Å². The predicted molar refractivity (Wildman–Crippen MR) is 79.0 cm³/mol. The van der Waals surface area contributed by atoms with Crippen molar-refractivity contribution in [3.63, 3.8) is 0 Å². The molecule has 2 rings (SSSR count). The maximum Gasteiger partial charge on any atom is 0.271 e. The molecule has 1 amide bonds. The molecule has 20 heavy (non-hydrogen) atoms. The van der Waals surface area contributed by atoms with Gasteiger partial charge < -0.3 is 11.1 Å². The second-order valence-corrected chi connectivity index (χ2v) is 5.02. The second-order valence-electron chi connectivity index (χ2n) is 5.02. The summed E-state index contributed by atoms with van der Waals surface area (Å²) < 4.78 is 0. The lowest BCUT2D eigenvalue weighted by Gasteiger charge is -2.29. The number of halogens is 1. The van der Waals surface area contributed by atoms with E-state index in [0.717, 1.165) is 12.8 Å². The summed E-state index contributed by atoms with van der Waals surface area (Å²) in [5.74, 6) is 0.169. The Labute approximate surface area is 123 Å². The van der Waals surface area contributed by atoms with E-state index in [-0.39, 0.29) is 35.6 Å². The van der Waals surface area contributed by atoms with Crippen LogP contribution in [0.4, 0.5) is 0 Å². The highest BCUT2D eigenvalue weighted by atomic mass is 35.5. The third-order valence-corrected chi connectivity index (χ3v) is 3.70. The van der Waals surface area contributed by atoms with Crippen LogP contribution < -0.4 is 16.6 Å². The van der Waals surface area contributed by atoms with Crippen molar-refractivity contribution >= 4 is 18.3 Å². The van der Waals surface area contributed by atoms with Gasteiger partial charge in [0.2, 0.25) is 0 Å². The molecule has 1 saturated carbocycles. The molecular weight excluding hydrogens is 280 g/mol. The van der Waals surface area contributed by atoms with E-state index in [1.165, 1.54) is 31.4 Å². The van der Waals surface area contributed by atoms with Crippen LogP contribution in [0.2, 0.25) is 0 Å². The maximum atomic E-state index is 12.0. The molecule has 0 spiro atoms. The number of hydrogen-bond acceptors (Lipinski definition) is 4. The van der Waals surface area contributed by atoms with Gasteiger partial charge in [0, 0.05) is 18.7 Å². The Balaban J connectivity index is 0.00000200. The molecule has 1 aliphatic rings. The van der Waals surface area contributed by atoms with E-state index in [1.54, 1.807) is 0 Å². The van der Waals surface area contributed by atoms with E-state index in [2.05, 4.69) is 15.5 Å². The summed E-state index contributed by atoms with van der Waals surface area (Å²) >= 11 is 0. The van der Waals surface area contributed by atoms with Crippen LogP contribution in [0.5, 0.6) is 0 Å². The fraction of sp³-hybridized carbons (Fsp3) is 0.615. The molecule has 0 aromatic carbocycles. The third-order valence-electron chi connectivity index (χ3n) is 3.70. The Hall–Kier alpha value is -1.40. The molecule has 1 fully saturated rings. The minimum absolute atomic E-state index is 0. The van der Waals surface area contributed by atoms with Gasteiger partial charge in [0.25, 0.3) is 11.5 Å². The van der Waals surface area contributed by atoms with Gasteiger partial charge in [-0.15, -0.1) is 12.4 Å². The number of aromatic nitrogens is 2. The lowest BCUT2D eigenvalue weighted by molar-refractivity contribution is 0.0909. The van der Waals surface area contributed by atoms with Gasteiger partial charge in [-0.2, -0.15) is 5.10 Å². The van der Waals surface area contributed by atoms with Crippen molar-refractivity contribution in [3.05, 3.63) is 28.2 Å². The molecule has 6 nitrogen and oxygen atoms in total. The summed E-state index contributed by atoms with van der Waals surface area (Å²) in [6.45, 7) is 0.430. The zero-order valence-electron chi connectivity index (χ0n) is 11.3. The van der Waals surface area contributed by atoms with Crippen LogP contribution in [0.15, 0.2) is 16.9 Å². The van der Waals surface area contributed by atoms with E-state index in [0.29, 0.717) is 12.5 Å². The Bertz CT molecular complexity index is 465. The Morgan fingerprint density at radius 2 is 2.10 bits per heavy atom. The van der Waals surface area contributed by atoms with Crippen molar-refractivity contribution in [1.82, 2.24) is 15.5 Å². The molecule has 0 radical (unpaired) electrons. The van der Waals surface area contributed by atoms with Gasteiger partial charge in [-0.1, -0.05) is 19.3 Å². The van der Waals surface area contributed by atoms with Gasteiger partial charge in [0.05, 0.1) is 0 Å². The van der Waals surface area contributed by atoms with E-state index in [9.17, 15) is 9.59 Å². The average Bonchev–Trinajstić information content (AvgIpc) is 2.46. The summed E-state index contributed by atoms with van der Waals surface area (Å²) in [6.07, 6.45) is 5.90. The molecule has 1 unspecified atom stereocenters. The molecular formula is C13H21ClN4O2. The number of aromatic amines is 1. The first-order valence-electron chi connectivity index (χ1n) is 6.77. The van der Waals surface area contributed by atoms with Crippen LogP contribution in [-0.2, 0) is 0 Å². The summed E-state index contributed by atoms with van der Waals surface area (Å²) in [4.78, 5) is 22.9. The normalized spacial score (nSPS) is 17.1. The highest BCUT2D eigenvalue weighted by Gasteiger charge is 2.24. The van der Waals surface area contributed by atoms with E-state index >= 15 is 0 Å². The predicted octanol–water partition coefficient (Wildman–Crippen LogP) is 0.829. The fourth-order valence-corrected chi connectivity index (χ4v) is 2.62. The van der Waals surface area contributed by atoms with Crippen molar-refractivity contribution in [1.29, 1.82) is 0 Å². The van der Waals surface area contributed by atoms with Crippen LogP contribution in [0.3, 0.4) is 0 Å². The van der Waals surface area contributed by atoms with Crippen molar-refractivity contribution in [2.45, 2.75) is 38.1 Å².